The molecular weight excluding hydrogens is 360 g/mol. The van der Waals surface area contributed by atoms with Crippen molar-refractivity contribution in [2.45, 2.75) is 19.0 Å². The van der Waals surface area contributed by atoms with Crippen molar-refractivity contribution in [3.63, 3.8) is 0 Å². The van der Waals surface area contributed by atoms with Gasteiger partial charge in [0, 0.05) is 19.3 Å². The molecule has 1 fully saturated rings. The molecular formula is C20H20N4O2S. The van der Waals surface area contributed by atoms with Gasteiger partial charge in [-0.25, -0.2) is 9.78 Å². The summed E-state index contributed by atoms with van der Waals surface area (Å²) in [6.45, 7) is 1.02. The second-order valence-electron chi connectivity index (χ2n) is 6.55. The second kappa shape index (κ2) is 7.36. The highest BCUT2D eigenvalue weighted by atomic mass is 32.1. The van der Waals surface area contributed by atoms with Crippen LogP contribution in [0.4, 0.5) is 10.5 Å². The maximum atomic E-state index is 12.6. The lowest BCUT2D eigenvalue weighted by Crippen LogP contribution is -2.46. The van der Waals surface area contributed by atoms with Crippen LogP contribution >= 0.6 is 11.3 Å². The van der Waals surface area contributed by atoms with Crippen LogP contribution in [0.15, 0.2) is 54.6 Å². The molecule has 1 saturated heterocycles. The number of para-hydroxylation sites is 2. The first-order chi connectivity index (χ1) is 13.1. The lowest BCUT2D eigenvalue weighted by molar-refractivity contribution is -0.118. The maximum absolute atomic E-state index is 12.6. The Morgan fingerprint density at radius 2 is 1.96 bits per heavy atom. The van der Waals surface area contributed by atoms with Crippen molar-refractivity contribution in [1.29, 1.82) is 0 Å². The van der Waals surface area contributed by atoms with Gasteiger partial charge in [-0.2, -0.15) is 0 Å². The fraction of sp³-hybridized carbons (Fsp3) is 0.250. The summed E-state index contributed by atoms with van der Waals surface area (Å²) in [5, 5.41) is 3.73. The molecule has 1 atom stereocenters. The van der Waals surface area contributed by atoms with E-state index in [1.807, 2.05) is 54.6 Å². The zero-order chi connectivity index (χ0) is 18.8. The van der Waals surface area contributed by atoms with E-state index >= 15 is 0 Å². The van der Waals surface area contributed by atoms with Crippen LogP contribution < -0.4 is 10.2 Å². The van der Waals surface area contributed by atoms with E-state index in [9.17, 15) is 9.59 Å². The highest BCUT2D eigenvalue weighted by Gasteiger charge is 2.34. The molecule has 1 aromatic heterocycles. The van der Waals surface area contributed by atoms with E-state index in [1.54, 1.807) is 28.2 Å². The molecule has 1 aliphatic heterocycles. The van der Waals surface area contributed by atoms with Gasteiger partial charge in [0.2, 0.25) is 5.91 Å². The molecule has 0 spiro atoms. The molecule has 2 aromatic carbocycles. The normalized spacial score (nSPS) is 16.7. The van der Waals surface area contributed by atoms with Crippen molar-refractivity contribution in [3.8, 4) is 0 Å². The number of aromatic nitrogens is 1. The van der Waals surface area contributed by atoms with E-state index in [0.29, 0.717) is 19.5 Å². The predicted molar refractivity (Wildman–Crippen MR) is 107 cm³/mol. The molecule has 0 unspecified atom stereocenters. The van der Waals surface area contributed by atoms with E-state index in [0.717, 1.165) is 20.9 Å². The van der Waals surface area contributed by atoms with E-state index in [1.165, 1.54) is 0 Å². The van der Waals surface area contributed by atoms with E-state index < -0.39 is 6.04 Å². The van der Waals surface area contributed by atoms with Crippen LogP contribution in [0.2, 0.25) is 0 Å². The summed E-state index contributed by atoms with van der Waals surface area (Å²) in [4.78, 5) is 33.0. The fourth-order valence-electron chi connectivity index (χ4n) is 3.20. The number of carbonyl (C=O) groups excluding carboxylic acids is 2. The molecule has 138 valence electrons. The number of fused-ring (bicyclic) bond motifs is 1. The molecule has 1 N–H and O–H groups in total. The Bertz CT molecular complexity index is 939. The van der Waals surface area contributed by atoms with E-state index in [2.05, 4.69) is 10.3 Å². The number of hydrogen-bond acceptors (Lipinski definition) is 4. The molecule has 6 nitrogen and oxygen atoms in total. The smallest absolute Gasteiger partial charge is 0.318 e. The summed E-state index contributed by atoms with van der Waals surface area (Å²) in [5.74, 6) is -0.0667. The minimum atomic E-state index is -0.490. The van der Waals surface area contributed by atoms with Crippen molar-refractivity contribution >= 4 is 39.2 Å². The number of benzene rings is 2. The highest BCUT2D eigenvalue weighted by Crippen LogP contribution is 2.23. The van der Waals surface area contributed by atoms with E-state index in [4.69, 9.17) is 0 Å². The summed E-state index contributed by atoms with van der Waals surface area (Å²) in [6, 6.07) is 16.7. The summed E-state index contributed by atoms with van der Waals surface area (Å²) < 4.78 is 1.10. The summed E-state index contributed by atoms with van der Waals surface area (Å²) in [6.07, 6.45) is 0.606. The SMILES string of the molecule is CN(Cc1nc2ccccc2s1)C(=O)N[C@H]1CCN(c2ccccc2)C1=O. The molecule has 0 bridgehead atoms. The second-order valence-corrected chi connectivity index (χ2v) is 7.66. The molecule has 27 heavy (non-hydrogen) atoms. The van der Waals surface area contributed by atoms with Crippen molar-refractivity contribution < 1.29 is 9.59 Å². The predicted octanol–water partition coefficient (Wildman–Crippen LogP) is 3.24. The Morgan fingerprint density at radius 3 is 2.74 bits per heavy atom. The quantitative estimate of drug-likeness (QED) is 0.756. The van der Waals surface area contributed by atoms with Crippen LogP contribution in [-0.2, 0) is 11.3 Å². The highest BCUT2D eigenvalue weighted by molar-refractivity contribution is 7.18. The van der Waals surface area contributed by atoms with Crippen molar-refractivity contribution in [3.05, 3.63) is 59.6 Å². The zero-order valence-corrected chi connectivity index (χ0v) is 15.8. The Kier molecular flexibility index (Phi) is 4.77. The van der Waals surface area contributed by atoms with Crippen LogP contribution in [-0.4, -0.2) is 41.5 Å². The number of hydrogen-bond donors (Lipinski definition) is 1. The summed E-state index contributed by atoms with van der Waals surface area (Å²) in [7, 11) is 1.72. The van der Waals surface area contributed by atoms with Crippen molar-refractivity contribution in [2.24, 2.45) is 0 Å². The fourth-order valence-corrected chi connectivity index (χ4v) is 4.22. The molecule has 1 aliphatic rings. The third-order valence-electron chi connectivity index (χ3n) is 4.63. The maximum Gasteiger partial charge on any atom is 0.318 e. The minimum absolute atomic E-state index is 0.0667. The first-order valence-corrected chi connectivity index (χ1v) is 9.66. The number of carbonyl (C=O) groups is 2. The number of thiazole rings is 1. The van der Waals surface area contributed by atoms with Crippen molar-refractivity contribution in [2.75, 3.05) is 18.5 Å². The molecule has 0 saturated carbocycles. The number of anilines is 1. The Morgan fingerprint density at radius 1 is 1.22 bits per heavy atom. The average molecular weight is 380 g/mol. The van der Waals surface area contributed by atoms with Gasteiger partial charge < -0.3 is 15.1 Å². The minimum Gasteiger partial charge on any atom is -0.326 e. The van der Waals surface area contributed by atoms with E-state index in [-0.39, 0.29) is 11.9 Å². The van der Waals surface area contributed by atoms with Crippen LogP contribution in [0.1, 0.15) is 11.4 Å². The molecule has 2 heterocycles. The molecule has 3 aromatic rings. The number of nitrogens with zero attached hydrogens (tertiary/aromatic N) is 3. The Hall–Kier alpha value is -2.93. The molecule has 4 rings (SSSR count). The molecule has 0 aliphatic carbocycles. The molecule has 0 radical (unpaired) electrons. The van der Waals surface area contributed by atoms with Gasteiger partial charge in [-0.05, 0) is 30.7 Å². The number of amides is 3. The third-order valence-corrected chi connectivity index (χ3v) is 5.65. The summed E-state index contributed by atoms with van der Waals surface area (Å²) in [5.41, 5.74) is 1.80. The van der Waals surface area contributed by atoms with Gasteiger partial charge in [0.15, 0.2) is 0 Å². The van der Waals surface area contributed by atoms with Gasteiger partial charge in [0.1, 0.15) is 11.0 Å². The van der Waals surface area contributed by atoms with Gasteiger partial charge in [-0.1, -0.05) is 30.3 Å². The average Bonchev–Trinajstić information content (AvgIpc) is 3.25. The first-order valence-electron chi connectivity index (χ1n) is 8.84. The van der Waals surface area contributed by atoms with Crippen LogP contribution in [0.5, 0.6) is 0 Å². The van der Waals surface area contributed by atoms with Gasteiger partial charge in [0.05, 0.1) is 16.8 Å². The van der Waals surface area contributed by atoms with Crippen LogP contribution in [0.3, 0.4) is 0 Å². The Labute approximate surface area is 161 Å². The number of rotatable bonds is 4. The number of urea groups is 1. The Balaban J connectivity index is 1.37. The van der Waals surface area contributed by atoms with Gasteiger partial charge in [-0.3, -0.25) is 4.79 Å². The van der Waals surface area contributed by atoms with Gasteiger partial charge >= 0.3 is 6.03 Å². The zero-order valence-electron chi connectivity index (χ0n) is 15.0. The van der Waals surface area contributed by atoms with Gasteiger partial charge in [0.25, 0.3) is 0 Å². The van der Waals surface area contributed by atoms with Crippen molar-refractivity contribution in [1.82, 2.24) is 15.2 Å². The standard InChI is InChI=1S/C20H20N4O2S/c1-23(13-18-21-15-9-5-6-10-17(15)27-18)20(26)22-16-11-12-24(19(16)25)14-7-3-2-4-8-14/h2-10,16H,11-13H2,1H3,(H,22,26)/t16-/m0/s1. The van der Waals surface area contributed by atoms with Crippen LogP contribution in [0.25, 0.3) is 10.2 Å². The largest absolute Gasteiger partial charge is 0.326 e. The monoisotopic (exact) mass is 380 g/mol. The van der Waals surface area contributed by atoms with Crippen LogP contribution in [0, 0.1) is 0 Å². The van der Waals surface area contributed by atoms with Gasteiger partial charge in [-0.15, -0.1) is 11.3 Å². The topological polar surface area (TPSA) is 65.5 Å². The summed E-state index contributed by atoms with van der Waals surface area (Å²) >= 11 is 1.58. The third kappa shape index (κ3) is 3.64. The molecule has 7 heteroatoms. The lowest BCUT2D eigenvalue weighted by atomic mass is 10.2. The molecule has 3 amide bonds. The first kappa shape index (κ1) is 17.5. The number of nitrogens with one attached hydrogen (secondary N) is 1. The lowest BCUT2D eigenvalue weighted by Gasteiger charge is -2.20.